The van der Waals surface area contributed by atoms with Crippen LogP contribution in [0.5, 0.6) is 0 Å². The summed E-state index contributed by atoms with van der Waals surface area (Å²) in [6.07, 6.45) is 3.19. The van der Waals surface area contributed by atoms with Crippen LogP contribution in [0.1, 0.15) is 17.8 Å². The van der Waals surface area contributed by atoms with Gasteiger partial charge in [0, 0.05) is 19.1 Å². The summed E-state index contributed by atoms with van der Waals surface area (Å²) in [4.78, 5) is 4.68. The van der Waals surface area contributed by atoms with Gasteiger partial charge in [-0.25, -0.2) is 4.98 Å². The summed E-state index contributed by atoms with van der Waals surface area (Å²) >= 11 is 1.76. The van der Waals surface area contributed by atoms with E-state index in [-0.39, 0.29) is 6.04 Å². The standard InChI is InChI=1S/C14H19N3OS/c15-17-12(10-4-3-7-18-9-10)8-14-16-11-5-1-2-6-13(11)19-14/h1-2,5-6,10,12,17H,3-4,7-9,15H2. The number of rotatable bonds is 4. The molecule has 2 atom stereocenters. The molecule has 3 rings (SSSR count). The second kappa shape index (κ2) is 5.96. The summed E-state index contributed by atoms with van der Waals surface area (Å²) in [6.45, 7) is 1.69. The van der Waals surface area contributed by atoms with Crippen molar-refractivity contribution in [1.82, 2.24) is 10.4 Å². The topological polar surface area (TPSA) is 60.2 Å². The molecule has 2 aromatic rings. The van der Waals surface area contributed by atoms with Gasteiger partial charge in [0.1, 0.15) is 0 Å². The Balaban J connectivity index is 1.74. The first kappa shape index (κ1) is 13.0. The molecule has 0 saturated carbocycles. The number of nitrogens with two attached hydrogens (primary N) is 1. The van der Waals surface area contributed by atoms with Crippen molar-refractivity contribution in [2.75, 3.05) is 13.2 Å². The van der Waals surface area contributed by atoms with Crippen LogP contribution in [-0.4, -0.2) is 24.2 Å². The molecule has 1 aliphatic heterocycles. The number of para-hydroxylation sites is 1. The maximum absolute atomic E-state index is 5.72. The average Bonchev–Trinajstić information content (AvgIpc) is 2.88. The number of hydrogen-bond acceptors (Lipinski definition) is 5. The molecule has 2 unspecified atom stereocenters. The third kappa shape index (κ3) is 2.95. The van der Waals surface area contributed by atoms with Crippen molar-refractivity contribution >= 4 is 21.6 Å². The van der Waals surface area contributed by atoms with Crippen LogP contribution in [0.4, 0.5) is 0 Å². The summed E-state index contributed by atoms with van der Waals surface area (Å²) in [5.74, 6) is 6.21. The van der Waals surface area contributed by atoms with E-state index < -0.39 is 0 Å². The molecule has 0 spiro atoms. The molecule has 5 heteroatoms. The Labute approximate surface area is 116 Å². The second-order valence-corrected chi connectivity index (χ2v) is 6.15. The molecule has 0 radical (unpaired) electrons. The summed E-state index contributed by atoms with van der Waals surface area (Å²) in [5, 5.41) is 1.15. The smallest absolute Gasteiger partial charge is 0.0954 e. The SMILES string of the molecule is NNC(Cc1nc2ccccc2s1)C1CCCOC1. The molecule has 102 valence electrons. The Morgan fingerprint density at radius 2 is 2.37 bits per heavy atom. The fourth-order valence-electron chi connectivity index (χ4n) is 2.64. The summed E-state index contributed by atoms with van der Waals surface area (Å²) in [6, 6.07) is 8.51. The molecule has 19 heavy (non-hydrogen) atoms. The van der Waals surface area contributed by atoms with Crippen LogP contribution in [0, 0.1) is 5.92 Å². The molecule has 0 bridgehead atoms. The zero-order valence-electron chi connectivity index (χ0n) is 10.8. The van der Waals surface area contributed by atoms with Crippen LogP contribution in [-0.2, 0) is 11.2 Å². The Morgan fingerprint density at radius 1 is 1.47 bits per heavy atom. The highest BCUT2D eigenvalue weighted by molar-refractivity contribution is 7.18. The van der Waals surface area contributed by atoms with Crippen molar-refractivity contribution in [3.63, 3.8) is 0 Å². The van der Waals surface area contributed by atoms with Crippen molar-refractivity contribution in [2.45, 2.75) is 25.3 Å². The van der Waals surface area contributed by atoms with Crippen LogP contribution in [0.25, 0.3) is 10.2 Å². The van der Waals surface area contributed by atoms with E-state index in [1.54, 1.807) is 11.3 Å². The van der Waals surface area contributed by atoms with E-state index >= 15 is 0 Å². The molecule has 1 saturated heterocycles. The van der Waals surface area contributed by atoms with Gasteiger partial charge >= 0.3 is 0 Å². The first-order valence-electron chi connectivity index (χ1n) is 6.75. The number of nitrogens with zero attached hydrogens (tertiary/aromatic N) is 1. The van der Waals surface area contributed by atoms with Gasteiger partial charge in [0.25, 0.3) is 0 Å². The van der Waals surface area contributed by atoms with Crippen LogP contribution in [0.15, 0.2) is 24.3 Å². The molecule has 1 fully saturated rings. The molecular formula is C14H19N3OS. The lowest BCUT2D eigenvalue weighted by Crippen LogP contribution is -2.45. The van der Waals surface area contributed by atoms with E-state index in [0.717, 1.165) is 36.6 Å². The van der Waals surface area contributed by atoms with Crippen LogP contribution < -0.4 is 11.3 Å². The van der Waals surface area contributed by atoms with E-state index in [4.69, 9.17) is 10.6 Å². The van der Waals surface area contributed by atoms with Crippen LogP contribution in [0.2, 0.25) is 0 Å². The van der Waals surface area contributed by atoms with Gasteiger partial charge in [-0.1, -0.05) is 12.1 Å². The third-order valence-electron chi connectivity index (χ3n) is 3.71. The maximum atomic E-state index is 5.72. The average molecular weight is 277 g/mol. The lowest BCUT2D eigenvalue weighted by atomic mass is 9.92. The number of benzene rings is 1. The fourth-order valence-corrected chi connectivity index (χ4v) is 3.67. The first-order chi connectivity index (χ1) is 9.36. The number of ether oxygens (including phenoxy) is 1. The van der Waals surface area contributed by atoms with E-state index in [9.17, 15) is 0 Å². The van der Waals surface area contributed by atoms with Gasteiger partial charge in [0.05, 0.1) is 21.8 Å². The van der Waals surface area contributed by atoms with Crippen molar-refractivity contribution in [1.29, 1.82) is 0 Å². The Morgan fingerprint density at radius 3 is 3.11 bits per heavy atom. The quantitative estimate of drug-likeness (QED) is 0.663. The number of aromatic nitrogens is 1. The van der Waals surface area contributed by atoms with Crippen LogP contribution >= 0.6 is 11.3 Å². The van der Waals surface area contributed by atoms with Gasteiger partial charge in [0.15, 0.2) is 0 Å². The second-order valence-electron chi connectivity index (χ2n) is 5.03. The van der Waals surface area contributed by atoms with Crippen LogP contribution in [0.3, 0.4) is 0 Å². The van der Waals surface area contributed by atoms with Crippen molar-refractivity contribution in [3.05, 3.63) is 29.3 Å². The monoisotopic (exact) mass is 277 g/mol. The van der Waals surface area contributed by atoms with Gasteiger partial charge < -0.3 is 4.74 Å². The minimum Gasteiger partial charge on any atom is -0.381 e. The molecule has 1 aliphatic rings. The summed E-state index contributed by atoms with van der Waals surface area (Å²) in [7, 11) is 0. The number of hydrogen-bond donors (Lipinski definition) is 2. The lowest BCUT2D eigenvalue weighted by Gasteiger charge is -2.29. The summed E-state index contributed by atoms with van der Waals surface area (Å²) in [5.41, 5.74) is 4.03. The highest BCUT2D eigenvalue weighted by atomic mass is 32.1. The Bertz CT molecular complexity index is 503. The third-order valence-corrected chi connectivity index (χ3v) is 4.77. The molecule has 1 aromatic carbocycles. The predicted octanol–water partition coefficient (Wildman–Crippen LogP) is 2.10. The van der Waals surface area contributed by atoms with E-state index in [0.29, 0.717) is 5.92 Å². The molecule has 0 amide bonds. The molecular weight excluding hydrogens is 258 g/mol. The van der Waals surface area contributed by atoms with Crippen molar-refractivity contribution in [2.24, 2.45) is 11.8 Å². The number of hydrazine groups is 1. The number of thiazole rings is 1. The van der Waals surface area contributed by atoms with Gasteiger partial charge in [0.2, 0.25) is 0 Å². The zero-order chi connectivity index (χ0) is 13.1. The Hall–Kier alpha value is -1.01. The molecule has 2 heterocycles. The van der Waals surface area contributed by atoms with Crippen molar-refractivity contribution in [3.8, 4) is 0 Å². The van der Waals surface area contributed by atoms with E-state index in [1.807, 2.05) is 6.07 Å². The summed E-state index contributed by atoms with van der Waals surface area (Å²) < 4.78 is 6.79. The molecule has 1 aromatic heterocycles. The first-order valence-corrected chi connectivity index (χ1v) is 7.57. The van der Waals surface area contributed by atoms with Crippen molar-refractivity contribution < 1.29 is 4.74 Å². The van der Waals surface area contributed by atoms with E-state index in [2.05, 4.69) is 28.6 Å². The normalized spacial score (nSPS) is 21.6. The minimum atomic E-state index is 0.251. The largest absolute Gasteiger partial charge is 0.381 e. The number of nitrogens with one attached hydrogen (secondary N) is 1. The zero-order valence-corrected chi connectivity index (χ0v) is 11.7. The van der Waals surface area contributed by atoms with E-state index in [1.165, 1.54) is 11.1 Å². The highest BCUT2D eigenvalue weighted by Crippen LogP contribution is 2.25. The van der Waals surface area contributed by atoms with Gasteiger partial charge in [-0.3, -0.25) is 11.3 Å². The Kier molecular flexibility index (Phi) is 4.08. The lowest BCUT2D eigenvalue weighted by molar-refractivity contribution is 0.0393. The highest BCUT2D eigenvalue weighted by Gasteiger charge is 2.24. The molecule has 4 nitrogen and oxygen atoms in total. The van der Waals surface area contributed by atoms with Gasteiger partial charge in [-0.15, -0.1) is 11.3 Å². The van der Waals surface area contributed by atoms with Gasteiger partial charge in [-0.05, 0) is 30.9 Å². The van der Waals surface area contributed by atoms with Gasteiger partial charge in [-0.2, -0.15) is 0 Å². The number of fused-ring (bicyclic) bond motifs is 1. The molecule has 0 aliphatic carbocycles. The fraction of sp³-hybridized carbons (Fsp3) is 0.500. The molecule has 3 N–H and O–H groups in total. The maximum Gasteiger partial charge on any atom is 0.0954 e. The minimum absolute atomic E-state index is 0.251. The predicted molar refractivity (Wildman–Crippen MR) is 78.0 cm³/mol.